The van der Waals surface area contributed by atoms with Crippen LogP contribution < -0.4 is 0 Å². The van der Waals surface area contributed by atoms with E-state index < -0.39 is 0 Å². The second kappa shape index (κ2) is 7.64. The maximum atomic E-state index is 12.8. The lowest BCUT2D eigenvalue weighted by Crippen LogP contribution is -2.50. The van der Waals surface area contributed by atoms with Gasteiger partial charge in [0.2, 0.25) is 0 Å². The summed E-state index contributed by atoms with van der Waals surface area (Å²) in [5, 5.41) is 9.76. The molecule has 1 aromatic carbocycles. The smallest absolute Gasteiger partial charge is 0.290 e. The van der Waals surface area contributed by atoms with Crippen molar-refractivity contribution in [2.45, 2.75) is 19.4 Å². The van der Waals surface area contributed by atoms with Crippen LogP contribution in [0, 0.1) is 0 Å². The van der Waals surface area contributed by atoms with Crippen LogP contribution in [-0.4, -0.2) is 59.6 Å². The van der Waals surface area contributed by atoms with Crippen LogP contribution in [0.25, 0.3) is 11.1 Å². The minimum absolute atomic E-state index is 0.0606. The topological polar surface area (TPSA) is 56.9 Å². The predicted molar refractivity (Wildman–Crippen MR) is 92.8 cm³/mol. The molecule has 1 aliphatic heterocycles. The number of β-amino-alcohol motifs (C(OH)–C–C–N with tert-alkyl or cyclic N) is 1. The van der Waals surface area contributed by atoms with Crippen LogP contribution in [0.3, 0.4) is 0 Å². The minimum atomic E-state index is -0.290. The predicted octanol–water partition coefficient (Wildman–Crippen LogP) is 2.48. The molecule has 1 aromatic heterocycles. The number of rotatable bonds is 5. The molecule has 1 saturated heterocycles. The van der Waals surface area contributed by atoms with Crippen molar-refractivity contribution in [2.24, 2.45) is 0 Å². The van der Waals surface area contributed by atoms with E-state index in [1.54, 1.807) is 6.26 Å². The Balaban J connectivity index is 1.66. The summed E-state index contributed by atoms with van der Waals surface area (Å²) in [6, 6.07) is 11.7. The number of piperazine rings is 1. The fourth-order valence-electron chi connectivity index (χ4n) is 3.02. The Morgan fingerprint density at radius 1 is 1.17 bits per heavy atom. The molecule has 0 bridgehead atoms. The van der Waals surface area contributed by atoms with Gasteiger partial charge in [-0.15, -0.1) is 0 Å². The highest BCUT2D eigenvalue weighted by Gasteiger charge is 2.26. The lowest BCUT2D eigenvalue weighted by atomic mass is 10.1. The lowest BCUT2D eigenvalue weighted by Gasteiger charge is -2.35. The van der Waals surface area contributed by atoms with Gasteiger partial charge >= 0.3 is 0 Å². The standard InChI is InChI=1S/C19H24N2O3/c1-2-16(22)14-20-9-11-21(12-10-20)19(23)18-17(8-13-24-18)15-6-4-3-5-7-15/h3-8,13,16,22H,2,9-12,14H2,1H3. The summed E-state index contributed by atoms with van der Waals surface area (Å²) in [6.45, 7) is 5.53. The van der Waals surface area contributed by atoms with Gasteiger partial charge in [-0.25, -0.2) is 0 Å². The third-order valence-electron chi connectivity index (χ3n) is 4.54. The van der Waals surface area contributed by atoms with Gasteiger partial charge in [0.05, 0.1) is 12.4 Å². The molecule has 5 heteroatoms. The Labute approximate surface area is 142 Å². The van der Waals surface area contributed by atoms with Crippen LogP contribution in [0.4, 0.5) is 0 Å². The number of amides is 1. The zero-order valence-electron chi connectivity index (χ0n) is 14.0. The number of nitrogens with zero attached hydrogens (tertiary/aromatic N) is 2. The SMILES string of the molecule is CCC(O)CN1CCN(C(=O)c2occc2-c2ccccc2)CC1. The Kier molecular flexibility index (Phi) is 5.33. The second-order valence-electron chi connectivity index (χ2n) is 6.18. The van der Waals surface area contributed by atoms with Crippen LogP contribution in [0.2, 0.25) is 0 Å². The van der Waals surface area contributed by atoms with Crippen molar-refractivity contribution in [1.82, 2.24) is 9.80 Å². The zero-order valence-corrected chi connectivity index (χ0v) is 14.0. The van der Waals surface area contributed by atoms with E-state index in [9.17, 15) is 9.90 Å². The summed E-state index contributed by atoms with van der Waals surface area (Å²) >= 11 is 0. The average Bonchev–Trinajstić information content (AvgIpc) is 3.12. The summed E-state index contributed by atoms with van der Waals surface area (Å²) < 4.78 is 5.50. The fraction of sp³-hybridized carbons (Fsp3) is 0.421. The Hall–Kier alpha value is -2.11. The number of hydrogen-bond acceptors (Lipinski definition) is 4. The third-order valence-corrected chi connectivity index (χ3v) is 4.54. The average molecular weight is 328 g/mol. The molecule has 0 aliphatic carbocycles. The molecule has 5 nitrogen and oxygen atoms in total. The first-order chi connectivity index (χ1) is 11.7. The summed E-state index contributed by atoms with van der Waals surface area (Å²) in [7, 11) is 0. The Bertz CT molecular complexity index is 660. The van der Waals surface area contributed by atoms with E-state index in [4.69, 9.17) is 4.42 Å². The van der Waals surface area contributed by atoms with Gasteiger partial charge in [0.25, 0.3) is 5.91 Å². The first kappa shape index (κ1) is 16.7. The Morgan fingerprint density at radius 3 is 2.54 bits per heavy atom. The first-order valence-electron chi connectivity index (χ1n) is 8.51. The second-order valence-corrected chi connectivity index (χ2v) is 6.18. The molecule has 1 amide bonds. The number of hydrogen-bond donors (Lipinski definition) is 1. The van der Waals surface area contributed by atoms with E-state index in [1.807, 2.05) is 48.2 Å². The Morgan fingerprint density at radius 2 is 1.88 bits per heavy atom. The van der Waals surface area contributed by atoms with E-state index in [-0.39, 0.29) is 12.0 Å². The van der Waals surface area contributed by atoms with Gasteiger partial charge in [0, 0.05) is 38.3 Å². The molecule has 1 aliphatic rings. The number of aliphatic hydroxyl groups excluding tert-OH is 1. The van der Waals surface area contributed by atoms with Crippen molar-refractivity contribution in [3.63, 3.8) is 0 Å². The highest BCUT2D eigenvalue weighted by Crippen LogP contribution is 2.26. The maximum absolute atomic E-state index is 12.8. The summed E-state index contributed by atoms with van der Waals surface area (Å²) in [4.78, 5) is 16.8. The van der Waals surface area contributed by atoms with E-state index >= 15 is 0 Å². The van der Waals surface area contributed by atoms with Crippen LogP contribution in [0.5, 0.6) is 0 Å². The molecule has 1 N–H and O–H groups in total. The minimum Gasteiger partial charge on any atom is -0.459 e. The lowest BCUT2D eigenvalue weighted by molar-refractivity contribution is 0.0501. The molecule has 3 rings (SSSR count). The molecule has 0 radical (unpaired) electrons. The number of furan rings is 1. The summed E-state index contributed by atoms with van der Waals surface area (Å²) in [5.74, 6) is 0.345. The molecule has 24 heavy (non-hydrogen) atoms. The summed E-state index contributed by atoms with van der Waals surface area (Å²) in [6.07, 6.45) is 2.04. The van der Waals surface area contributed by atoms with Crippen LogP contribution in [-0.2, 0) is 0 Å². The number of aliphatic hydroxyl groups is 1. The number of carbonyl (C=O) groups is 1. The highest BCUT2D eigenvalue weighted by atomic mass is 16.3. The normalized spacial score (nSPS) is 17.0. The van der Waals surface area contributed by atoms with Gasteiger partial charge in [-0.1, -0.05) is 37.3 Å². The van der Waals surface area contributed by atoms with E-state index in [1.165, 1.54) is 0 Å². The van der Waals surface area contributed by atoms with Crippen molar-refractivity contribution < 1.29 is 14.3 Å². The molecule has 2 heterocycles. The number of carbonyl (C=O) groups excluding carboxylic acids is 1. The van der Waals surface area contributed by atoms with Gasteiger partial charge in [-0.2, -0.15) is 0 Å². The van der Waals surface area contributed by atoms with E-state index in [2.05, 4.69) is 4.90 Å². The fourth-order valence-corrected chi connectivity index (χ4v) is 3.02. The number of benzene rings is 1. The van der Waals surface area contributed by atoms with Gasteiger partial charge in [0.15, 0.2) is 5.76 Å². The quantitative estimate of drug-likeness (QED) is 0.916. The molecule has 1 unspecified atom stereocenters. The van der Waals surface area contributed by atoms with Crippen molar-refractivity contribution >= 4 is 5.91 Å². The van der Waals surface area contributed by atoms with Crippen molar-refractivity contribution in [3.8, 4) is 11.1 Å². The maximum Gasteiger partial charge on any atom is 0.290 e. The van der Waals surface area contributed by atoms with Crippen molar-refractivity contribution in [2.75, 3.05) is 32.7 Å². The molecular weight excluding hydrogens is 304 g/mol. The third kappa shape index (κ3) is 3.68. The molecule has 2 aromatic rings. The monoisotopic (exact) mass is 328 g/mol. The molecule has 0 saturated carbocycles. The van der Waals surface area contributed by atoms with Gasteiger partial charge in [-0.3, -0.25) is 9.69 Å². The van der Waals surface area contributed by atoms with Gasteiger partial charge in [0.1, 0.15) is 0 Å². The van der Waals surface area contributed by atoms with Crippen LogP contribution in [0.1, 0.15) is 23.9 Å². The molecule has 1 fully saturated rings. The van der Waals surface area contributed by atoms with Crippen molar-refractivity contribution in [3.05, 3.63) is 48.4 Å². The molecule has 0 spiro atoms. The first-order valence-corrected chi connectivity index (χ1v) is 8.51. The highest BCUT2D eigenvalue weighted by molar-refractivity contribution is 5.98. The van der Waals surface area contributed by atoms with Crippen LogP contribution in [0.15, 0.2) is 47.1 Å². The van der Waals surface area contributed by atoms with E-state index in [0.717, 1.165) is 30.6 Å². The molecule has 128 valence electrons. The van der Waals surface area contributed by atoms with Gasteiger partial charge in [-0.05, 0) is 18.1 Å². The summed E-state index contributed by atoms with van der Waals surface area (Å²) in [5.41, 5.74) is 1.82. The molecule has 1 atom stereocenters. The largest absolute Gasteiger partial charge is 0.459 e. The molecular formula is C19H24N2O3. The zero-order chi connectivity index (χ0) is 16.9. The van der Waals surface area contributed by atoms with Crippen LogP contribution >= 0.6 is 0 Å². The van der Waals surface area contributed by atoms with E-state index in [0.29, 0.717) is 25.4 Å². The van der Waals surface area contributed by atoms with Gasteiger partial charge < -0.3 is 14.4 Å². The van der Waals surface area contributed by atoms with Crippen molar-refractivity contribution in [1.29, 1.82) is 0 Å².